The molecule has 0 N–H and O–H groups in total. The Labute approximate surface area is 125 Å². The molecular weight excluding hydrogens is 268 g/mol. The summed E-state index contributed by atoms with van der Waals surface area (Å²) in [7, 11) is 3.84. The van der Waals surface area contributed by atoms with Gasteiger partial charge in [-0.25, -0.2) is 0 Å². The molecule has 1 atom stereocenters. The first-order valence-corrected chi connectivity index (χ1v) is 7.60. The van der Waals surface area contributed by atoms with Crippen LogP contribution in [0, 0.1) is 5.92 Å². The Morgan fingerprint density at radius 3 is 2.67 bits per heavy atom. The van der Waals surface area contributed by atoms with E-state index in [0.717, 1.165) is 31.6 Å². The number of hydrogen-bond donors (Lipinski definition) is 0. The Morgan fingerprint density at radius 2 is 2.10 bits per heavy atom. The molecular formula is C15H22N4O2. The van der Waals surface area contributed by atoms with Crippen molar-refractivity contribution in [1.29, 1.82) is 0 Å². The van der Waals surface area contributed by atoms with Crippen molar-refractivity contribution in [1.82, 2.24) is 15.1 Å². The van der Waals surface area contributed by atoms with E-state index in [1.165, 1.54) is 6.42 Å². The number of likely N-dealkylation sites (tertiary alicyclic amines) is 1. The Kier molecular flexibility index (Phi) is 3.94. The van der Waals surface area contributed by atoms with Crippen LogP contribution in [-0.4, -0.2) is 54.3 Å². The quantitative estimate of drug-likeness (QED) is 0.837. The normalized spacial score (nSPS) is 22.0. The number of nitrogens with zero attached hydrogens (tertiary/aromatic N) is 4. The van der Waals surface area contributed by atoms with Crippen molar-refractivity contribution in [2.45, 2.75) is 31.8 Å². The summed E-state index contributed by atoms with van der Waals surface area (Å²) in [5.74, 6) is 1.91. The maximum atomic E-state index is 12.2. The maximum Gasteiger partial charge on any atom is 0.233 e. The molecule has 1 saturated carbocycles. The van der Waals surface area contributed by atoms with Crippen LogP contribution in [0.2, 0.25) is 0 Å². The fourth-order valence-electron chi connectivity index (χ4n) is 2.72. The Balaban J connectivity index is 1.53. The highest BCUT2D eigenvalue weighted by atomic mass is 16.5. The van der Waals surface area contributed by atoms with Gasteiger partial charge in [0.25, 0.3) is 0 Å². The smallest absolute Gasteiger partial charge is 0.233 e. The predicted octanol–water partition coefficient (Wildman–Crippen LogP) is 1.32. The predicted molar refractivity (Wildman–Crippen MR) is 79.3 cm³/mol. The molecule has 1 aliphatic heterocycles. The lowest BCUT2D eigenvalue weighted by Gasteiger charge is -2.29. The minimum Gasteiger partial charge on any atom is -0.471 e. The number of ether oxygens (including phenoxy) is 1. The molecule has 1 unspecified atom stereocenters. The van der Waals surface area contributed by atoms with Crippen LogP contribution < -0.4 is 9.64 Å². The first kappa shape index (κ1) is 14.1. The first-order valence-electron chi connectivity index (χ1n) is 7.60. The van der Waals surface area contributed by atoms with Gasteiger partial charge in [0.05, 0.1) is 6.54 Å². The van der Waals surface area contributed by atoms with Crippen molar-refractivity contribution < 1.29 is 9.53 Å². The van der Waals surface area contributed by atoms with Crippen LogP contribution in [0.5, 0.6) is 5.88 Å². The van der Waals surface area contributed by atoms with Gasteiger partial charge in [0.1, 0.15) is 6.10 Å². The van der Waals surface area contributed by atoms with Crippen LogP contribution in [0.4, 0.5) is 5.82 Å². The van der Waals surface area contributed by atoms with E-state index in [0.29, 0.717) is 18.3 Å². The van der Waals surface area contributed by atoms with E-state index >= 15 is 0 Å². The van der Waals surface area contributed by atoms with Crippen LogP contribution in [0.25, 0.3) is 0 Å². The fraction of sp³-hybridized carbons (Fsp3) is 0.667. The number of amides is 1. The third-order valence-corrected chi connectivity index (χ3v) is 4.28. The summed E-state index contributed by atoms with van der Waals surface area (Å²) in [6.07, 6.45) is 4.21. The van der Waals surface area contributed by atoms with E-state index in [9.17, 15) is 4.79 Å². The van der Waals surface area contributed by atoms with E-state index in [1.54, 1.807) is 0 Å². The number of aromatic nitrogens is 2. The number of carbonyl (C=O) groups excluding carboxylic acids is 1. The highest BCUT2D eigenvalue weighted by Crippen LogP contribution is 2.30. The molecule has 21 heavy (non-hydrogen) atoms. The van der Waals surface area contributed by atoms with Crippen LogP contribution >= 0.6 is 0 Å². The molecule has 1 saturated heterocycles. The molecule has 6 heteroatoms. The Bertz CT molecular complexity index is 499. The van der Waals surface area contributed by atoms with Gasteiger partial charge in [-0.1, -0.05) is 6.42 Å². The van der Waals surface area contributed by atoms with E-state index in [4.69, 9.17) is 4.74 Å². The summed E-state index contributed by atoms with van der Waals surface area (Å²) >= 11 is 0. The van der Waals surface area contributed by atoms with Gasteiger partial charge >= 0.3 is 0 Å². The van der Waals surface area contributed by atoms with Crippen LogP contribution in [0.3, 0.4) is 0 Å². The molecule has 1 amide bonds. The van der Waals surface area contributed by atoms with Gasteiger partial charge in [-0.3, -0.25) is 4.79 Å². The van der Waals surface area contributed by atoms with Crippen LogP contribution in [-0.2, 0) is 4.79 Å². The summed E-state index contributed by atoms with van der Waals surface area (Å²) in [6, 6.07) is 3.72. The largest absolute Gasteiger partial charge is 0.471 e. The summed E-state index contributed by atoms with van der Waals surface area (Å²) in [4.78, 5) is 16.0. The molecule has 6 nitrogen and oxygen atoms in total. The molecule has 2 heterocycles. The summed E-state index contributed by atoms with van der Waals surface area (Å²) in [6.45, 7) is 1.47. The second kappa shape index (κ2) is 5.87. The maximum absolute atomic E-state index is 12.2. The van der Waals surface area contributed by atoms with Gasteiger partial charge in [0.15, 0.2) is 5.82 Å². The Morgan fingerprint density at radius 1 is 1.29 bits per heavy atom. The zero-order valence-corrected chi connectivity index (χ0v) is 12.7. The topological polar surface area (TPSA) is 58.6 Å². The second-order valence-electron chi connectivity index (χ2n) is 6.06. The molecule has 2 fully saturated rings. The van der Waals surface area contributed by atoms with Crippen molar-refractivity contribution in [2.24, 2.45) is 5.92 Å². The second-order valence-corrected chi connectivity index (χ2v) is 6.06. The zero-order valence-electron chi connectivity index (χ0n) is 12.7. The van der Waals surface area contributed by atoms with E-state index < -0.39 is 0 Å². The van der Waals surface area contributed by atoms with Gasteiger partial charge in [0, 0.05) is 39.0 Å². The molecule has 3 rings (SSSR count). The number of anilines is 1. The lowest BCUT2D eigenvalue weighted by Crippen LogP contribution is -2.38. The van der Waals surface area contributed by atoms with Crippen LogP contribution in [0.15, 0.2) is 12.1 Å². The van der Waals surface area contributed by atoms with Gasteiger partial charge in [-0.15, -0.1) is 10.2 Å². The van der Waals surface area contributed by atoms with E-state index in [2.05, 4.69) is 10.2 Å². The van der Waals surface area contributed by atoms with Gasteiger partial charge in [0.2, 0.25) is 11.8 Å². The molecule has 0 aromatic carbocycles. The Hall–Kier alpha value is -1.85. The zero-order chi connectivity index (χ0) is 14.8. The molecule has 0 bridgehead atoms. The van der Waals surface area contributed by atoms with Crippen molar-refractivity contribution in [3.8, 4) is 5.88 Å². The minimum absolute atomic E-state index is 0.0357. The fourth-order valence-corrected chi connectivity index (χ4v) is 2.72. The molecule has 1 aromatic heterocycles. The van der Waals surface area contributed by atoms with Crippen LogP contribution in [0.1, 0.15) is 25.7 Å². The molecule has 1 aromatic rings. The molecule has 114 valence electrons. The number of rotatable bonds is 4. The third-order valence-electron chi connectivity index (χ3n) is 4.28. The monoisotopic (exact) mass is 290 g/mol. The van der Waals surface area contributed by atoms with Gasteiger partial charge in [-0.05, 0) is 18.9 Å². The van der Waals surface area contributed by atoms with Crippen molar-refractivity contribution in [2.75, 3.05) is 32.1 Å². The summed E-state index contributed by atoms with van der Waals surface area (Å²) in [5, 5.41) is 8.17. The van der Waals surface area contributed by atoms with Crippen molar-refractivity contribution >= 4 is 11.7 Å². The highest BCUT2D eigenvalue weighted by Gasteiger charge is 2.34. The summed E-state index contributed by atoms with van der Waals surface area (Å²) in [5.41, 5.74) is 0. The molecule has 1 aliphatic carbocycles. The standard InChI is InChI=1S/C15H22N4O2/c1-18(2)13-6-7-14(17-16-13)21-12-8-9-19(10-12)15(20)11-4-3-5-11/h6-7,11-12H,3-5,8-10H2,1-2H3. The SMILES string of the molecule is CN(C)c1ccc(OC2CCN(C(=O)C3CCC3)C2)nn1. The number of carbonyl (C=O) groups is 1. The first-order chi connectivity index (χ1) is 10.1. The highest BCUT2D eigenvalue weighted by molar-refractivity contribution is 5.79. The number of hydrogen-bond acceptors (Lipinski definition) is 5. The van der Waals surface area contributed by atoms with Gasteiger partial charge < -0.3 is 14.5 Å². The molecule has 0 spiro atoms. The van der Waals surface area contributed by atoms with E-state index in [-0.39, 0.29) is 12.0 Å². The lowest BCUT2D eigenvalue weighted by atomic mass is 9.84. The van der Waals surface area contributed by atoms with Gasteiger partial charge in [-0.2, -0.15) is 0 Å². The lowest BCUT2D eigenvalue weighted by molar-refractivity contribution is -0.137. The third kappa shape index (κ3) is 3.09. The average molecular weight is 290 g/mol. The van der Waals surface area contributed by atoms with Crippen molar-refractivity contribution in [3.63, 3.8) is 0 Å². The van der Waals surface area contributed by atoms with Crippen molar-refractivity contribution in [3.05, 3.63) is 12.1 Å². The molecule has 2 aliphatic rings. The molecule has 0 radical (unpaired) electrons. The average Bonchev–Trinajstić information content (AvgIpc) is 2.86. The summed E-state index contributed by atoms with van der Waals surface area (Å²) < 4.78 is 5.84. The minimum atomic E-state index is 0.0357. The van der Waals surface area contributed by atoms with E-state index in [1.807, 2.05) is 36.0 Å².